The largest absolute Gasteiger partial charge is 0.309 e. The van der Waals surface area contributed by atoms with Crippen LogP contribution in [0.15, 0.2) is 29.6 Å². The van der Waals surface area contributed by atoms with Gasteiger partial charge in [-0.05, 0) is 30.1 Å². The fourth-order valence-corrected chi connectivity index (χ4v) is 3.61. The van der Waals surface area contributed by atoms with E-state index in [1.54, 1.807) is 22.7 Å². The Kier molecular flexibility index (Phi) is 4.41. The lowest BCUT2D eigenvalue weighted by atomic mass is 10.1. The summed E-state index contributed by atoms with van der Waals surface area (Å²) in [5.74, 6) is 0. The van der Waals surface area contributed by atoms with Crippen LogP contribution in [-0.2, 0) is 6.42 Å². The smallest absolute Gasteiger partial charge is 0.0931 e. The first-order valence-electron chi connectivity index (χ1n) is 5.30. The van der Waals surface area contributed by atoms with Crippen molar-refractivity contribution in [2.45, 2.75) is 19.4 Å². The van der Waals surface area contributed by atoms with Gasteiger partial charge in [-0.1, -0.05) is 24.6 Å². The van der Waals surface area contributed by atoms with Crippen LogP contribution < -0.4 is 5.32 Å². The molecule has 0 saturated heterocycles. The molecule has 1 N–H and O–H groups in total. The lowest BCUT2D eigenvalue weighted by molar-refractivity contribution is 0.562. The van der Waals surface area contributed by atoms with Crippen LogP contribution in [0.3, 0.4) is 0 Å². The van der Waals surface area contributed by atoms with Crippen LogP contribution in [0, 0.1) is 0 Å². The molecular formula is C12H14ClNS2. The molecule has 1 atom stereocenters. The standard InChI is InChI=1S/C12H14ClNS2/c1-2-14-10(11-4-3-7-15-11)8-9-5-6-12(13)16-9/h3-7,10,14H,2,8H2,1H3. The lowest BCUT2D eigenvalue weighted by Gasteiger charge is -2.15. The van der Waals surface area contributed by atoms with E-state index in [-0.39, 0.29) is 0 Å². The van der Waals surface area contributed by atoms with Gasteiger partial charge >= 0.3 is 0 Å². The maximum absolute atomic E-state index is 5.95. The van der Waals surface area contributed by atoms with Crippen molar-refractivity contribution in [2.24, 2.45) is 0 Å². The van der Waals surface area contributed by atoms with Gasteiger partial charge in [-0.15, -0.1) is 22.7 Å². The molecular weight excluding hydrogens is 258 g/mol. The summed E-state index contributed by atoms with van der Waals surface area (Å²) in [5, 5.41) is 5.64. The van der Waals surface area contributed by atoms with Crippen molar-refractivity contribution in [1.29, 1.82) is 0 Å². The van der Waals surface area contributed by atoms with Gasteiger partial charge in [0.1, 0.15) is 0 Å². The van der Waals surface area contributed by atoms with Crippen molar-refractivity contribution in [3.05, 3.63) is 43.7 Å². The van der Waals surface area contributed by atoms with Gasteiger partial charge in [0.05, 0.1) is 4.34 Å². The number of hydrogen-bond acceptors (Lipinski definition) is 3. The minimum Gasteiger partial charge on any atom is -0.309 e. The van der Waals surface area contributed by atoms with E-state index < -0.39 is 0 Å². The van der Waals surface area contributed by atoms with Crippen molar-refractivity contribution in [2.75, 3.05) is 6.54 Å². The van der Waals surface area contributed by atoms with Crippen LogP contribution >= 0.6 is 34.3 Å². The molecule has 0 bridgehead atoms. The molecule has 0 amide bonds. The predicted molar refractivity (Wildman–Crippen MR) is 73.8 cm³/mol. The lowest BCUT2D eigenvalue weighted by Crippen LogP contribution is -2.21. The van der Waals surface area contributed by atoms with Gasteiger partial charge in [-0.3, -0.25) is 0 Å². The summed E-state index contributed by atoms with van der Waals surface area (Å²) >= 11 is 9.42. The maximum Gasteiger partial charge on any atom is 0.0931 e. The number of halogens is 1. The minimum absolute atomic E-state index is 0.416. The maximum atomic E-state index is 5.95. The highest BCUT2D eigenvalue weighted by molar-refractivity contribution is 7.16. The molecule has 1 nitrogen and oxygen atoms in total. The van der Waals surface area contributed by atoms with E-state index >= 15 is 0 Å². The van der Waals surface area contributed by atoms with Gasteiger partial charge in [-0.2, -0.15) is 0 Å². The van der Waals surface area contributed by atoms with Crippen molar-refractivity contribution < 1.29 is 0 Å². The zero-order valence-corrected chi connectivity index (χ0v) is 11.5. The summed E-state index contributed by atoms with van der Waals surface area (Å²) < 4.78 is 0.872. The molecule has 2 aromatic heterocycles. The third-order valence-electron chi connectivity index (χ3n) is 2.37. The van der Waals surface area contributed by atoms with Gasteiger partial charge in [0.15, 0.2) is 0 Å². The van der Waals surface area contributed by atoms with E-state index in [0.717, 1.165) is 17.3 Å². The molecule has 0 aliphatic rings. The zero-order chi connectivity index (χ0) is 11.4. The molecule has 4 heteroatoms. The minimum atomic E-state index is 0.416. The Morgan fingerprint density at radius 1 is 1.38 bits per heavy atom. The van der Waals surface area contributed by atoms with Gasteiger partial charge in [0.25, 0.3) is 0 Å². The monoisotopic (exact) mass is 271 g/mol. The average Bonchev–Trinajstić information content (AvgIpc) is 2.88. The summed E-state index contributed by atoms with van der Waals surface area (Å²) in [6, 6.07) is 8.79. The van der Waals surface area contributed by atoms with E-state index in [9.17, 15) is 0 Å². The topological polar surface area (TPSA) is 12.0 Å². The number of rotatable bonds is 5. The quantitative estimate of drug-likeness (QED) is 0.852. The Balaban J connectivity index is 2.09. The van der Waals surface area contributed by atoms with Crippen molar-refractivity contribution in [1.82, 2.24) is 5.32 Å². The first kappa shape index (κ1) is 12.1. The van der Waals surface area contributed by atoms with E-state index in [4.69, 9.17) is 11.6 Å². The Morgan fingerprint density at radius 3 is 2.81 bits per heavy atom. The molecule has 0 fully saturated rings. The van der Waals surface area contributed by atoms with Crippen LogP contribution in [0.2, 0.25) is 4.34 Å². The summed E-state index contributed by atoms with van der Waals surface area (Å²) in [4.78, 5) is 2.73. The molecule has 0 aliphatic heterocycles. The molecule has 0 saturated carbocycles. The van der Waals surface area contributed by atoms with Gasteiger partial charge in [0, 0.05) is 22.2 Å². The van der Waals surface area contributed by atoms with E-state index in [2.05, 4.69) is 35.8 Å². The summed E-state index contributed by atoms with van der Waals surface area (Å²) in [7, 11) is 0. The highest BCUT2D eigenvalue weighted by atomic mass is 35.5. The molecule has 16 heavy (non-hydrogen) atoms. The molecule has 2 aromatic rings. The highest BCUT2D eigenvalue weighted by Gasteiger charge is 2.13. The fourth-order valence-electron chi connectivity index (χ4n) is 1.67. The van der Waals surface area contributed by atoms with Gasteiger partial charge in [0.2, 0.25) is 0 Å². The average molecular weight is 272 g/mol. The summed E-state index contributed by atoms with van der Waals surface area (Å²) in [6.45, 7) is 3.13. The normalized spacial score (nSPS) is 12.9. The Labute approximate surface area is 109 Å². The second-order valence-corrected chi connectivity index (χ2v) is 6.31. The van der Waals surface area contributed by atoms with Gasteiger partial charge < -0.3 is 5.32 Å². The number of hydrogen-bond donors (Lipinski definition) is 1. The third kappa shape index (κ3) is 3.08. The second-order valence-electron chi connectivity index (χ2n) is 3.54. The second kappa shape index (κ2) is 5.82. The molecule has 1 unspecified atom stereocenters. The molecule has 2 rings (SSSR count). The molecule has 0 spiro atoms. The number of nitrogens with one attached hydrogen (secondary N) is 1. The van der Waals surface area contributed by atoms with Crippen LogP contribution in [0.4, 0.5) is 0 Å². The van der Waals surface area contributed by atoms with E-state index in [1.807, 2.05) is 6.07 Å². The first-order valence-corrected chi connectivity index (χ1v) is 7.38. The van der Waals surface area contributed by atoms with E-state index in [0.29, 0.717) is 6.04 Å². The third-order valence-corrected chi connectivity index (χ3v) is 4.61. The first-order chi connectivity index (χ1) is 7.79. The fraction of sp³-hybridized carbons (Fsp3) is 0.333. The van der Waals surface area contributed by atoms with Crippen molar-refractivity contribution in [3.63, 3.8) is 0 Å². The Morgan fingerprint density at radius 2 is 2.25 bits per heavy atom. The van der Waals surface area contributed by atoms with Crippen molar-refractivity contribution in [3.8, 4) is 0 Å². The summed E-state index contributed by atoms with van der Waals surface area (Å²) in [5.41, 5.74) is 0. The molecule has 2 heterocycles. The van der Waals surface area contributed by atoms with Crippen LogP contribution in [0.5, 0.6) is 0 Å². The zero-order valence-electron chi connectivity index (χ0n) is 9.07. The Bertz CT molecular complexity index is 422. The molecule has 0 aliphatic carbocycles. The Hall–Kier alpha value is -0.350. The number of thiophene rings is 2. The highest BCUT2D eigenvalue weighted by Crippen LogP contribution is 2.28. The predicted octanol–water partition coefficient (Wildman–Crippen LogP) is 4.36. The van der Waals surface area contributed by atoms with Crippen molar-refractivity contribution >= 4 is 34.3 Å². The van der Waals surface area contributed by atoms with E-state index in [1.165, 1.54) is 9.75 Å². The molecule has 0 radical (unpaired) electrons. The van der Waals surface area contributed by atoms with Crippen LogP contribution in [0.25, 0.3) is 0 Å². The van der Waals surface area contributed by atoms with Crippen LogP contribution in [0.1, 0.15) is 22.7 Å². The number of likely N-dealkylation sites (N-methyl/N-ethyl adjacent to an activating group) is 1. The SMILES string of the molecule is CCNC(Cc1ccc(Cl)s1)c1cccs1. The molecule has 0 aromatic carbocycles. The van der Waals surface area contributed by atoms with Crippen LogP contribution in [-0.4, -0.2) is 6.54 Å². The van der Waals surface area contributed by atoms with Gasteiger partial charge in [-0.25, -0.2) is 0 Å². The molecule has 86 valence electrons. The summed E-state index contributed by atoms with van der Waals surface area (Å²) in [6.07, 6.45) is 1.02.